The summed E-state index contributed by atoms with van der Waals surface area (Å²) in [4.78, 5) is 27.1. The minimum absolute atomic E-state index is 0.0410. The van der Waals surface area contributed by atoms with Crippen molar-refractivity contribution in [3.8, 4) is 11.3 Å². The number of hydrogen-bond donors (Lipinski definition) is 2. The molecule has 0 unspecified atom stereocenters. The number of nitrogens with one attached hydrogen (secondary N) is 1. The van der Waals surface area contributed by atoms with Crippen molar-refractivity contribution in [2.75, 3.05) is 0 Å². The van der Waals surface area contributed by atoms with Crippen LogP contribution in [0, 0.1) is 0 Å². The lowest BCUT2D eigenvalue weighted by molar-refractivity contribution is 0.0700. The average molecular weight is 340 g/mol. The van der Waals surface area contributed by atoms with Gasteiger partial charge in [0.05, 0.1) is 16.8 Å². The molecule has 0 atom stereocenters. The number of aromatic amines is 1. The molecule has 0 bridgehead atoms. The van der Waals surface area contributed by atoms with E-state index in [-0.39, 0.29) is 16.8 Å². The van der Waals surface area contributed by atoms with Crippen LogP contribution in [0.4, 0.5) is 0 Å². The molecule has 5 nitrogen and oxygen atoms in total. The van der Waals surface area contributed by atoms with Gasteiger partial charge in [0.1, 0.15) is 5.58 Å². The zero-order valence-corrected chi connectivity index (χ0v) is 12.9. The summed E-state index contributed by atoms with van der Waals surface area (Å²) in [7, 11) is 0. The molecule has 2 aromatic carbocycles. The summed E-state index contributed by atoms with van der Waals surface area (Å²) in [5, 5.41) is 11.2. The van der Waals surface area contributed by atoms with Crippen molar-refractivity contribution >= 4 is 39.4 Å². The molecule has 0 saturated heterocycles. The van der Waals surface area contributed by atoms with Gasteiger partial charge in [-0.1, -0.05) is 29.8 Å². The van der Waals surface area contributed by atoms with Gasteiger partial charge >= 0.3 is 11.6 Å². The number of rotatable bonds is 2. The standard InChI is InChI=1S/C18H10ClNO4/c19-10-5-6-14-9(7-10)8-12(18(23)24-14)16-15(17(21)22)11-3-1-2-4-13(11)20-16/h1-8,20H,(H,21,22). The van der Waals surface area contributed by atoms with Gasteiger partial charge in [-0.2, -0.15) is 0 Å². The van der Waals surface area contributed by atoms with Crippen LogP contribution in [-0.2, 0) is 0 Å². The van der Waals surface area contributed by atoms with E-state index in [0.717, 1.165) is 0 Å². The number of aromatic carboxylic acids is 1. The Balaban J connectivity index is 2.09. The normalized spacial score (nSPS) is 11.2. The third-order valence-electron chi connectivity index (χ3n) is 3.88. The molecule has 6 heteroatoms. The number of aromatic nitrogens is 1. The fourth-order valence-corrected chi connectivity index (χ4v) is 3.02. The van der Waals surface area contributed by atoms with E-state index in [1.54, 1.807) is 48.5 Å². The van der Waals surface area contributed by atoms with Crippen LogP contribution < -0.4 is 5.63 Å². The molecule has 0 aliphatic rings. The van der Waals surface area contributed by atoms with E-state index in [1.807, 2.05) is 0 Å². The maximum atomic E-state index is 12.4. The number of fused-ring (bicyclic) bond motifs is 2. The molecule has 0 radical (unpaired) electrons. The lowest BCUT2D eigenvalue weighted by Gasteiger charge is -2.03. The minimum atomic E-state index is -1.12. The Hall–Kier alpha value is -3.05. The lowest BCUT2D eigenvalue weighted by atomic mass is 10.1. The van der Waals surface area contributed by atoms with Gasteiger partial charge in [-0.25, -0.2) is 9.59 Å². The van der Waals surface area contributed by atoms with E-state index in [4.69, 9.17) is 16.0 Å². The third kappa shape index (κ3) is 2.18. The molecule has 0 spiro atoms. The van der Waals surface area contributed by atoms with Crippen LogP contribution in [0.15, 0.2) is 57.7 Å². The van der Waals surface area contributed by atoms with Crippen LogP contribution in [-0.4, -0.2) is 16.1 Å². The monoisotopic (exact) mass is 339 g/mol. The van der Waals surface area contributed by atoms with Gasteiger partial charge in [0, 0.05) is 21.3 Å². The first-order chi connectivity index (χ1) is 11.5. The number of para-hydroxylation sites is 1. The molecule has 2 aromatic heterocycles. The van der Waals surface area contributed by atoms with E-state index in [1.165, 1.54) is 0 Å². The van der Waals surface area contributed by atoms with Gasteiger partial charge in [0.15, 0.2) is 0 Å². The van der Waals surface area contributed by atoms with Gasteiger partial charge in [-0.05, 0) is 30.3 Å². The number of benzene rings is 2. The highest BCUT2D eigenvalue weighted by Gasteiger charge is 2.21. The Morgan fingerprint density at radius 3 is 2.71 bits per heavy atom. The summed E-state index contributed by atoms with van der Waals surface area (Å²) in [6, 6.07) is 13.5. The zero-order valence-electron chi connectivity index (χ0n) is 12.2. The summed E-state index contributed by atoms with van der Waals surface area (Å²) < 4.78 is 5.31. The van der Waals surface area contributed by atoms with E-state index in [0.29, 0.717) is 26.9 Å². The van der Waals surface area contributed by atoms with Crippen molar-refractivity contribution in [3.05, 3.63) is 69.5 Å². The maximum Gasteiger partial charge on any atom is 0.345 e. The first-order valence-electron chi connectivity index (χ1n) is 7.12. The van der Waals surface area contributed by atoms with Crippen molar-refractivity contribution in [1.29, 1.82) is 0 Å². The lowest BCUT2D eigenvalue weighted by Crippen LogP contribution is -2.06. The summed E-state index contributed by atoms with van der Waals surface area (Å²) in [6.45, 7) is 0. The predicted molar refractivity (Wildman–Crippen MR) is 91.7 cm³/mol. The molecule has 4 rings (SSSR count). The van der Waals surface area contributed by atoms with Crippen molar-refractivity contribution in [2.24, 2.45) is 0 Å². The molecule has 4 aromatic rings. The van der Waals surface area contributed by atoms with Crippen molar-refractivity contribution in [1.82, 2.24) is 4.98 Å². The summed E-state index contributed by atoms with van der Waals surface area (Å²) in [5.41, 5.74) is 0.826. The molecule has 0 aliphatic heterocycles. The van der Waals surface area contributed by atoms with Gasteiger partial charge in [-0.3, -0.25) is 0 Å². The van der Waals surface area contributed by atoms with Crippen LogP contribution in [0.5, 0.6) is 0 Å². The summed E-state index contributed by atoms with van der Waals surface area (Å²) in [5.74, 6) is -1.12. The Labute approximate surface area is 140 Å². The number of hydrogen-bond acceptors (Lipinski definition) is 3. The SMILES string of the molecule is O=C(O)c1c(-c2cc3cc(Cl)ccc3oc2=O)[nH]c2ccccc12. The van der Waals surface area contributed by atoms with E-state index in [2.05, 4.69) is 4.98 Å². The molecule has 118 valence electrons. The van der Waals surface area contributed by atoms with Gasteiger partial charge in [-0.15, -0.1) is 0 Å². The molecule has 0 fully saturated rings. The maximum absolute atomic E-state index is 12.4. The Kier molecular flexibility index (Phi) is 3.18. The van der Waals surface area contributed by atoms with Crippen LogP contribution in [0.1, 0.15) is 10.4 Å². The largest absolute Gasteiger partial charge is 0.478 e. The van der Waals surface area contributed by atoms with Crippen LogP contribution in [0.3, 0.4) is 0 Å². The number of H-pyrrole nitrogens is 1. The van der Waals surface area contributed by atoms with Gasteiger partial charge in [0.25, 0.3) is 0 Å². The Morgan fingerprint density at radius 1 is 1.12 bits per heavy atom. The highest BCUT2D eigenvalue weighted by atomic mass is 35.5. The molecule has 2 N–H and O–H groups in total. The van der Waals surface area contributed by atoms with E-state index >= 15 is 0 Å². The quantitative estimate of drug-likeness (QED) is 0.533. The smallest absolute Gasteiger partial charge is 0.345 e. The van der Waals surface area contributed by atoms with Crippen LogP contribution >= 0.6 is 11.6 Å². The van der Waals surface area contributed by atoms with Crippen molar-refractivity contribution < 1.29 is 14.3 Å². The van der Waals surface area contributed by atoms with Crippen LogP contribution in [0.25, 0.3) is 33.1 Å². The Bertz CT molecular complexity index is 1170. The minimum Gasteiger partial charge on any atom is -0.478 e. The van der Waals surface area contributed by atoms with Gasteiger partial charge < -0.3 is 14.5 Å². The second-order valence-electron chi connectivity index (χ2n) is 5.36. The highest BCUT2D eigenvalue weighted by molar-refractivity contribution is 6.31. The number of carboxylic acid groups (broad SMARTS) is 1. The number of carbonyl (C=O) groups is 1. The summed E-state index contributed by atoms with van der Waals surface area (Å²) in [6.07, 6.45) is 0. The highest BCUT2D eigenvalue weighted by Crippen LogP contribution is 2.30. The second-order valence-corrected chi connectivity index (χ2v) is 5.79. The fraction of sp³-hybridized carbons (Fsp3) is 0. The molecule has 0 aliphatic carbocycles. The zero-order chi connectivity index (χ0) is 16.8. The predicted octanol–water partition coefficient (Wildman–Crippen LogP) is 4.29. The third-order valence-corrected chi connectivity index (χ3v) is 4.12. The molecule has 2 heterocycles. The Morgan fingerprint density at radius 2 is 1.92 bits per heavy atom. The first kappa shape index (κ1) is 14.5. The number of halogens is 1. The van der Waals surface area contributed by atoms with Crippen molar-refractivity contribution in [2.45, 2.75) is 0 Å². The molecule has 0 amide bonds. The average Bonchev–Trinajstić information content (AvgIpc) is 2.94. The first-order valence-corrected chi connectivity index (χ1v) is 7.50. The fourth-order valence-electron chi connectivity index (χ4n) is 2.83. The van der Waals surface area contributed by atoms with Gasteiger partial charge in [0.2, 0.25) is 0 Å². The van der Waals surface area contributed by atoms with E-state index < -0.39 is 11.6 Å². The van der Waals surface area contributed by atoms with Crippen molar-refractivity contribution in [3.63, 3.8) is 0 Å². The molecular formula is C18H10ClNO4. The number of carboxylic acids is 1. The molecular weight excluding hydrogens is 330 g/mol. The second kappa shape index (κ2) is 5.25. The molecule has 24 heavy (non-hydrogen) atoms. The van der Waals surface area contributed by atoms with Crippen LogP contribution in [0.2, 0.25) is 5.02 Å². The molecule has 0 saturated carbocycles. The van der Waals surface area contributed by atoms with E-state index in [9.17, 15) is 14.7 Å². The topological polar surface area (TPSA) is 83.3 Å². The summed E-state index contributed by atoms with van der Waals surface area (Å²) >= 11 is 5.98.